The van der Waals surface area contributed by atoms with Gasteiger partial charge in [-0.25, -0.2) is 9.78 Å². The summed E-state index contributed by atoms with van der Waals surface area (Å²) < 4.78 is 44.7. The van der Waals surface area contributed by atoms with Crippen LogP contribution in [0, 0.1) is 0 Å². The number of nitrogens with one attached hydrogen (secondary N) is 3. The number of carbonyl (C=O) groups excluding carboxylic acids is 3. The van der Waals surface area contributed by atoms with Crippen LogP contribution in [0.15, 0.2) is 79.0 Å². The number of urea groups is 1. The van der Waals surface area contributed by atoms with E-state index in [9.17, 15) is 27.6 Å². The number of pyridine rings is 2. The quantitative estimate of drug-likeness (QED) is 0.129. The first-order chi connectivity index (χ1) is 28.5. The molecule has 0 bridgehead atoms. The van der Waals surface area contributed by atoms with Crippen molar-refractivity contribution in [2.45, 2.75) is 38.5 Å². The van der Waals surface area contributed by atoms with Gasteiger partial charge in [-0.2, -0.15) is 13.2 Å². The third-order valence-corrected chi connectivity index (χ3v) is 10.5. The summed E-state index contributed by atoms with van der Waals surface area (Å²) in [7, 11) is 3.61. The van der Waals surface area contributed by atoms with Crippen LogP contribution in [0.1, 0.15) is 56.9 Å². The highest BCUT2D eigenvalue weighted by molar-refractivity contribution is 6.05. The number of piperazine rings is 1. The minimum Gasteiger partial charge on any atom is -0.383 e. The number of carbonyl (C=O) groups is 3. The zero-order valence-corrected chi connectivity index (χ0v) is 33.6. The van der Waals surface area contributed by atoms with Crippen molar-refractivity contribution in [3.63, 3.8) is 0 Å². The number of hydrogen-bond donors (Lipinski definition) is 3. The van der Waals surface area contributed by atoms with Crippen LogP contribution in [0.3, 0.4) is 0 Å². The highest BCUT2D eigenvalue weighted by Gasteiger charge is 2.30. The number of amides is 4. The summed E-state index contributed by atoms with van der Waals surface area (Å²) in [6, 6.07) is 19.1. The van der Waals surface area contributed by atoms with Crippen LogP contribution in [0.2, 0.25) is 0 Å². The van der Waals surface area contributed by atoms with Gasteiger partial charge in [0, 0.05) is 102 Å². The molecule has 16 heteroatoms. The van der Waals surface area contributed by atoms with Gasteiger partial charge in [-0.1, -0.05) is 18.2 Å². The number of halogens is 3. The maximum absolute atomic E-state index is 13.8. The van der Waals surface area contributed by atoms with Crippen molar-refractivity contribution >= 4 is 29.2 Å². The summed E-state index contributed by atoms with van der Waals surface area (Å²) >= 11 is 0. The standard InChI is InChI=1S/C43H52F3N9O4/c1-52(19-20-53-21-23-55(24-22-53)42(58)48-16-25-59-2)30-34-10-7-11-38(50-34)41(57)51-37-13-12-35(54-17-4-3-5-18-54)28-36(37)39-27-32(14-15-47-39)40(56)49-29-31-8-6-9-33(26-31)43(44,45)46/h6-15,26-28H,3-5,16-25,29-30H2,1-2H3,(H,48,58)(H,49,56)(H,51,57). The Balaban J connectivity index is 1.10. The Kier molecular flexibility index (Phi) is 14.9. The average molecular weight is 816 g/mol. The zero-order valence-electron chi connectivity index (χ0n) is 33.6. The molecule has 13 nitrogen and oxygen atoms in total. The van der Waals surface area contributed by atoms with E-state index in [4.69, 9.17) is 9.72 Å². The zero-order chi connectivity index (χ0) is 41.8. The van der Waals surface area contributed by atoms with Gasteiger partial charge in [0.2, 0.25) is 0 Å². The first kappa shape index (κ1) is 43.0. The molecule has 59 heavy (non-hydrogen) atoms. The molecular weight excluding hydrogens is 764 g/mol. The third kappa shape index (κ3) is 12.2. The Labute approximate surface area is 342 Å². The Morgan fingerprint density at radius 1 is 0.864 bits per heavy atom. The number of likely N-dealkylation sites (N-methyl/N-ethyl adjacent to an activating group) is 1. The lowest BCUT2D eigenvalue weighted by atomic mass is 10.0. The normalized spacial score (nSPS) is 14.9. The van der Waals surface area contributed by atoms with Gasteiger partial charge < -0.3 is 30.5 Å². The van der Waals surface area contributed by atoms with Crippen molar-refractivity contribution in [3.05, 3.63) is 107 Å². The predicted octanol–water partition coefficient (Wildman–Crippen LogP) is 5.74. The lowest BCUT2D eigenvalue weighted by Crippen LogP contribution is -2.53. The highest BCUT2D eigenvalue weighted by Crippen LogP contribution is 2.33. The molecule has 4 amide bonds. The summed E-state index contributed by atoms with van der Waals surface area (Å²) in [5.41, 5.74) is 3.30. The largest absolute Gasteiger partial charge is 0.416 e. The van der Waals surface area contributed by atoms with E-state index in [0.717, 1.165) is 82.0 Å². The number of ether oxygens (including phenoxy) is 1. The topological polar surface area (TPSA) is 135 Å². The molecular formula is C43H52F3N9O4. The van der Waals surface area contributed by atoms with Crippen LogP contribution in [-0.2, 0) is 24.0 Å². The summed E-state index contributed by atoms with van der Waals surface area (Å²) in [5.74, 6) is -0.878. The summed E-state index contributed by atoms with van der Waals surface area (Å²) in [5, 5.41) is 8.62. The molecule has 2 aromatic carbocycles. The fraction of sp³-hybridized carbons (Fsp3) is 0.419. The van der Waals surface area contributed by atoms with Gasteiger partial charge in [0.15, 0.2) is 0 Å². The Morgan fingerprint density at radius 2 is 1.64 bits per heavy atom. The number of anilines is 2. The molecule has 0 radical (unpaired) electrons. The molecule has 4 heterocycles. The Bertz CT molecular complexity index is 2050. The monoisotopic (exact) mass is 815 g/mol. The van der Waals surface area contributed by atoms with Crippen molar-refractivity contribution in [1.29, 1.82) is 0 Å². The number of alkyl halides is 3. The number of aromatic nitrogens is 2. The van der Waals surface area contributed by atoms with Crippen molar-refractivity contribution in [3.8, 4) is 11.3 Å². The van der Waals surface area contributed by atoms with Gasteiger partial charge in [-0.15, -0.1) is 0 Å². The van der Waals surface area contributed by atoms with Crippen molar-refractivity contribution in [2.75, 3.05) is 89.9 Å². The predicted molar refractivity (Wildman–Crippen MR) is 220 cm³/mol. The van der Waals surface area contributed by atoms with Crippen LogP contribution in [0.4, 0.5) is 29.3 Å². The Hall–Kier alpha value is -5.58. The number of benzene rings is 2. The number of methoxy groups -OCH3 is 1. The molecule has 2 aromatic heterocycles. The van der Waals surface area contributed by atoms with Crippen LogP contribution in [0.25, 0.3) is 11.3 Å². The van der Waals surface area contributed by atoms with E-state index in [-0.39, 0.29) is 23.8 Å². The maximum Gasteiger partial charge on any atom is 0.416 e. The molecule has 0 aliphatic carbocycles. The lowest BCUT2D eigenvalue weighted by molar-refractivity contribution is -0.137. The van der Waals surface area contributed by atoms with E-state index in [0.29, 0.717) is 55.3 Å². The van der Waals surface area contributed by atoms with Crippen LogP contribution in [0.5, 0.6) is 0 Å². The molecule has 2 aliphatic heterocycles. The number of nitrogens with zero attached hydrogens (tertiary/aromatic N) is 6. The summed E-state index contributed by atoms with van der Waals surface area (Å²) in [6.07, 6.45) is 0.305. The summed E-state index contributed by atoms with van der Waals surface area (Å²) in [6.45, 7) is 7.70. The smallest absolute Gasteiger partial charge is 0.383 e. The van der Waals surface area contributed by atoms with Crippen LogP contribution >= 0.6 is 0 Å². The minimum absolute atomic E-state index is 0.0670. The molecule has 2 aliphatic rings. The van der Waals surface area contributed by atoms with E-state index in [1.165, 1.54) is 24.4 Å². The number of piperidine rings is 1. The lowest BCUT2D eigenvalue weighted by Gasteiger charge is -2.35. The second kappa shape index (κ2) is 20.4. The van der Waals surface area contributed by atoms with Crippen molar-refractivity contribution in [1.82, 2.24) is 35.3 Å². The van der Waals surface area contributed by atoms with Gasteiger partial charge in [0.05, 0.1) is 29.2 Å². The van der Waals surface area contributed by atoms with Gasteiger partial charge in [0.25, 0.3) is 11.8 Å². The second-order valence-corrected chi connectivity index (χ2v) is 14.8. The van der Waals surface area contributed by atoms with E-state index in [2.05, 4.69) is 35.6 Å². The van der Waals surface area contributed by atoms with E-state index in [1.807, 2.05) is 42.3 Å². The number of rotatable bonds is 15. The van der Waals surface area contributed by atoms with Crippen LogP contribution in [-0.4, -0.2) is 122 Å². The highest BCUT2D eigenvalue weighted by atomic mass is 19.4. The molecule has 2 fully saturated rings. The fourth-order valence-corrected chi connectivity index (χ4v) is 7.16. The molecule has 0 saturated carbocycles. The van der Waals surface area contributed by atoms with Gasteiger partial charge in [-0.05, 0) is 86.5 Å². The van der Waals surface area contributed by atoms with Gasteiger partial charge in [0.1, 0.15) is 5.69 Å². The SMILES string of the molecule is COCCNC(=O)N1CCN(CCN(C)Cc2cccc(C(=O)Nc3ccc(N4CCCCC4)cc3-c3cc(C(=O)NCc4cccc(C(F)(F)F)c4)ccn3)n2)CC1. The molecule has 2 saturated heterocycles. The van der Waals surface area contributed by atoms with Crippen molar-refractivity contribution < 1.29 is 32.3 Å². The van der Waals surface area contributed by atoms with E-state index >= 15 is 0 Å². The average Bonchev–Trinajstić information content (AvgIpc) is 3.25. The van der Waals surface area contributed by atoms with Crippen LogP contribution < -0.4 is 20.9 Å². The van der Waals surface area contributed by atoms with E-state index in [1.54, 1.807) is 19.2 Å². The van der Waals surface area contributed by atoms with Gasteiger partial charge >= 0.3 is 12.2 Å². The third-order valence-electron chi connectivity index (χ3n) is 10.5. The molecule has 314 valence electrons. The van der Waals surface area contributed by atoms with Crippen molar-refractivity contribution in [2.24, 2.45) is 0 Å². The molecule has 4 aromatic rings. The molecule has 0 spiro atoms. The molecule has 0 atom stereocenters. The molecule has 6 rings (SSSR count). The minimum atomic E-state index is -4.49. The first-order valence-corrected chi connectivity index (χ1v) is 20.0. The van der Waals surface area contributed by atoms with E-state index < -0.39 is 23.6 Å². The second-order valence-electron chi connectivity index (χ2n) is 14.8. The first-order valence-electron chi connectivity index (χ1n) is 20.0. The maximum atomic E-state index is 13.8. The van der Waals surface area contributed by atoms with Gasteiger partial charge in [-0.3, -0.25) is 24.4 Å². The molecule has 3 N–H and O–H groups in total. The fourth-order valence-electron chi connectivity index (χ4n) is 7.16. The molecule has 0 unspecified atom stereocenters. The Morgan fingerprint density at radius 3 is 2.41 bits per heavy atom. The summed E-state index contributed by atoms with van der Waals surface area (Å²) in [4.78, 5) is 57.3. The number of hydrogen-bond acceptors (Lipinski definition) is 9.